The van der Waals surface area contributed by atoms with Crippen LogP contribution in [0.4, 0.5) is 5.69 Å². The maximum Gasteiger partial charge on any atom is 0.223 e. The summed E-state index contributed by atoms with van der Waals surface area (Å²) in [6.07, 6.45) is 1.20. The first kappa shape index (κ1) is 16.0. The first-order chi connectivity index (χ1) is 11.1. The van der Waals surface area contributed by atoms with E-state index in [9.17, 15) is 4.79 Å². The molecule has 0 bridgehead atoms. The molecule has 0 aliphatic carbocycles. The summed E-state index contributed by atoms with van der Waals surface area (Å²) in [7, 11) is 0. The van der Waals surface area contributed by atoms with E-state index in [1.165, 1.54) is 0 Å². The van der Waals surface area contributed by atoms with Gasteiger partial charge in [-0.15, -0.1) is 0 Å². The number of morpholine rings is 1. The number of hydrogen-bond donors (Lipinski definition) is 1. The largest absolute Gasteiger partial charge is 0.399 e. The summed E-state index contributed by atoms with van der Waals surface area (Å²) in [5.74, 6) is 0.170. The van der Waals surface area contributed by atoms with Crippen molar-refractivity contribution in [2.24, 2.45) is 0 Å². The molecule has 4 nitrogen and oxygen atoms in total. The van der Waals surface area contributed by atoms with Crippen LogP contribution in [-0.2, 0) is 16.0 Å². The molecule has 1 fully saturated rings. The van der Waals surface area contributed by atoms with Gasteiger partial charge in [0.15, 0.2) is 0 Å². The summed E-state index contributed by atoms with van der Waals surface area (Å²) < 4.78 is 5.99. The van der Waals surface area contributed by atoms with Crippen LogP contribution >= 0.6 is 11.3 Å². The average Bonchev–Trinajstić information content (AvgIpc) is 3.08. The van der Waals surface area contributed by atoms with E-state index in [0.717, 1.165) is 16.8 Å². The monoisotopic (exact) mass is 330 g/mol. The normalized spacial score (nSPS) is 21.3. The molecule has 3 rings (SSSR count). The number of nitrogens with two attached hydrogens (primary N) is 1. The third kappa shape index (κ3) is 3.92. The number of rotatable bonds is 4. The molecule has 0 saturated carbocycles. The summed E-state index contributed by atoms with van der Waals surface area (Å²) in [5, 5.41) is 4.14. The van der Waals surface area contributed by atoms with Crippen molar-refractivity contribution in [1.82, 2.24) is 4.90 Å². The highest BCUT2D eigenvalue weighted by Crippen LogP contribution is 2.27. The maximum atomic E-state index is 12.6. The van der Waals surface area contributed by atoms with Gasteiger partial charge in [-0.25, -0.2) is 0 Å². The zero-order valence-electron chi connectivity index (χ0n) is 13.3. The molecule has 1 aromatic heterocycles. The number of benzene rings is 1. The predicted molar refractivity (Wildman–Crippen MR) is 93.4 cm³/mol. The van der Waals surface area contributed by atoms with E-state index < -0.39 is 0 Å². The standard InChI is InChI=1S/C18H22N2O2S/c1-13-10-20(11-17(22-13)15-8-9-23-12-15)18(21)7-6-14-4-2-3-5-16(14)19/h2-5,8-9,12-13,17H,6-7,10-11,19H2,1H3. The molecule has 2 N–H and O–H groups in total. The lowest BCUT2D eigenvalue weighted by Crippen LogP contribution is -2.45. The van der Waals surface area contributed by atoms with E-state index in [0.29, 0.717) is 25.9 Å². The van der Waals surface area contributed by atoms with Crippen molar-refractivity contribution >= 4 is 22.9 Å². The molecule has 1 aromatic carbocycles. The zero-order valence-corrected chi connectivity index (χ0v) is 14.1. The molecular formula is C18H22N2O2S. The Bertz CT molecular complexity index is 657. The highest BCUT2D eigenvalue weighted by atomic mass is 32.1. The Balaban J connectivity index is 1.61. The number of nitrogens with zero attached hydrogens (tertiary/aromatic N) is 1. The van der Waals surface area contributed by atoms with Crippen LogP contribution in [0.25, 0.3) is 0 Å². The van der Waals surface area contributed by atoms with Crippen LogP contribution in [0.1, 0.15) is 30.6 Å². The molecule has 2 unspecified atom stereocenters. The third-order valence-electron chi connectivity index (χ3n) is 4.19. The van der Waals surface area contributed by atoms with E-state index >= 15 is 0 Å². The van der Waals surface area contributed by atoms with Crippen LogP contribution in [0.3, 0.4) is 0 Å². The first-order valence-electron chi connectivity index (χ1n) is 7.92. The minimum absolute atomic E-state index is 0.0178. The molecule has 2 aromatic rings. The average molecular weight is 330 g/mol. The van der Waals surface area contributed by atoms with Crippen LogP contribution < -0.4 is 5.73 Å². The van der Waals surface area contributed by atoms with Crippen LogP contribution in [0, 0.1) is 0 Å². The lowest BCUT2D eigenvalue weighted by atomic mass is 10.1. The third-order valence-corrected chi connectivity index (χ3v) is 4.89. The number of thiophene rings is 1. The van der Waals surface area contributed by atoms with Gasteiger partial charge in [-0.3, -0.25) is 4.79 Å². The number of ether oxygens (including phenoxy) is 1. The Morgan fingerprint density at radius 1 is 1.35 bits per heavy atom. The smallest absolute Gasteiger partial charge is 0.223 e. The Morgan fingerprint density at radius 2 is 2.17 bits per heavy atom. The molecule has 1 amide bonds. The fourth-order valence-electron chi connectivity index (χ4n) is 2.96. The molecule has 1 saturated heterocycles. The molecule has 1 aliphatic rings. The van der Waals surface area contributed by atoms with Gasteiger partial charge >= 0.3 is 0 Å². The van der Waals surface area contributed by atoms with E-state index in [-0.39, 0.29) is 18.1 Å². The first-order valence-corrected chi connectivity index (χ1v) is 8.86. The quantitative estimate of drug-likeness (QED) is 0.876. The summed E-state index contributed by atoms with van der Waals surface area (Å²) >= 11 is 1.66. The van der Waals surface area contributed by atoms with Gasteiger partial charge in [0.05, 0.1) is 12.6 Å². The van der Waals surface area contributed by atoms with Crippen molar-refractivity contribution in [2.75, 3.05) is 18.8 Å². The van der Waals surface area contributed by atoms with Gasteiger partial charge < -0.3 is 15.4 Å². The van der Waals surface area contributed by atoms with Crippen molar-refractivity contribution in [3.63, 3.8) is 0 Å². The maximum absolute atomic E-state index is 12.6. The molecular weight excluding hydrogens is 308 g/mol. The molecule has 2 heterocycles. The number of amides is 1. The minimum atomic E-state index is -0.0178. The van der Waals surface area contributed by atoms with E-state index in [2.05, 4.69) is 11.4 Å². The predicted octanol–water partition coefficient (Wildman–Crippen LogP) is 3.25. The second kappa shape index (κ2) is 7.15. The van der Waals surface area contributed by atoms with E-state index in [4.69, 9.17) is 10.5 Å². The fourth-order valence-corrected chi connectivity index (χ4v) is 3.66. The Morgan fingerprint density at radius 3 is 2.91 bits per heavy atom. The fraction of sp³-hybridized carbons (Fsp3) is 0.389. The Kier molecular flexibility index (Phi) is 4.98. The van der Waals surface area contributed by atoms with Gasteiger partial charge in [-0.1, -0.05) is 18.2 Å². The highest BCUT2D eigenvalue weighted by molar-refractivity contribution is 7.07. The number of aryl methyl sites for hydroxylation is 1. The van der Waals surface area contributed by atoms with E-state index in [1.807, 2.05) is 41.5 Å². The van der Waals surface area contributed by atoms with Crippen molar-refractivity contribution in [3.05, 3.63) is 52.2 Å². The van der Waals surface area contributed by atoms with Gasteiger partial charge in [0.1, 0.15) is 6.10 Å². The number of carbonyl (C=O) groups is 1. The van der Waals surface area contributed by atoms with Gasteiger partial charge in [0.25, 0.3) is 0 Å². The second-order valence-electron chi connectivity index (χ2n) is 5.99. The minimum Gasteiger partial charge on any atom is -0.399 e. The van der Waals surface area contributed by atoms with E-state index in [1.54, 1.807) is 11.3 Å². The topological polar surface area (TPSA) is 55.6 Å². The van der Waals surface area contributed by atoms with Crippen LogP contribution in [0.2, 0.25) is 0 Å². The Hall–Kier alpha value is -1.85. The van der Waals surface area contributed by atoms with Gasteiger partial charge in [0.2, 0.25) is 5.91 Å². The zero-order chi connectivity index (χ0) is 16.2. The van der Waals surface area contributed by atoms with Crippen LogP contribution in [0.15, 0.2) is 41.1 Å². The molecule has 2 atom stereocenters. The molecule has 0 radical (unpaired) electrons. The van der Waals surface area contributed by atoms with Gasteiger partial charge in [-0.05, 0) is 47.4 Å². The van der Waals surface area contributed by atoms with Crippen molar-refractivity contribution < 1.29 is 9.53 Å². The van der Waals surface area contributed by atoms with Gasteiger partial charge in [0, 0.05) is 18.7 Å². The molecule has 0 spiro atoms. The van der Waals surface area contributed by atoms with Crippen molar-refractivity contribution in [3.8, 4) is 0 Å². The lowest BCUT2D eigenvalue weighted by molar-refractivity contribution is -0.144. The summed E-state index contributed by atoms with van der Waals surface area (Å²) in [4.78, 5) is 14.5. The molecule has 23 heavy (non-hydrogen) atoms. The summed E-state index contributed by atoms with van der Waals surface area (Å²) in [6.45, 7) is 3.31. The highest BCUT2D eigenvalue weighted by Gasteiger charge is 2.29. The van der Waals surface area contributed by atoms with Crippen LogP contribution in [-0.4, -0.2) is 30.0 Å². The number of anilines is 1. The summed E-state index contributed by atoms with van der Waals surface area (Å²) in [6, 6.07) is 9.80. The molecule has 5 heteroatoms. The molecule has 1 aliphatic heterocycles. The number of carbonyl (C=O) groups excluding carboxylic acids is 1. The van der Waals surface area contributed by atoms with Crippen LogP contribution in [0.5, 0.6) is 0 Å². The number of nitrogen functional groups attached to an aromatic ring is 1. The number of para-hydroxylation sites is 1. The second-order valence-corrected chi connectivity index (χ2v) is 6.77. The number of hydrogen-bond acceptors (Lipinski definition) is 4. The summed E-state index contributed by atoms with van der Waals surface area (Å²) in [5.41, 5.74) is 8.90. The van der Waals surface area contributed by atoms with Gasteiger partial charge in [-0.2, -0.15) is 11.3 Å². The lowest BCUT2D eigenvalue weighted by Gasteiger charge is -2.36. The molecule has 122 valence electrons. The van der Waals surface area contributed by atoms with Crippen molar-refractivity contribution in [2.45, 2.75) is 32.0 Å². The van der Waals surface area contributed by atoms with Crippen molar-refractivity contribution in [1.29, 1.82) is 0 Å². The Labute approximate surface area is 140 Å². The SMILES string of the molecule is CC1CN(C(=O)CCc2ccccc2N)CC(c2ccsc2)O1.